The van der Waals surface area contributed by atoms with Crippen molar-refractivity contribution >= 4 is 5.91 Å². The molecule has 0 fully saturated rings. The Balaban J connectivity index is 3.03. The average molecular weight is 188 g/mol. The fourth-order valence-corrected chi connectivity index (χ4v) is 1.36. The summed E-state index contributed by atoms with van der Waals surface area (Å²) in [7, 11) is 0. The SMILES string of the molecule is C[C@](C#N)(CC(N)=O)c1ccccc1. The van der Waals surface area contributed by atoms with Gasteiger partial charge in [0.05, 0.1) is 11.5 Å². The molecule has 1 aromatic rings. The maximum Gasteiger partial charge on any atom is 0.219 e. The fraction of sp³-hybridized carbons (Fsp3) is 0.273. The Labute approximate surface area is 83.2 Å². The molecular weight excluding hydrogens is 176 g/mol. The van der Waals surface area contributed by atoms with Gasteiger partial charge in [-0.3, -0.25) is 4.79 Å². The van der Waals surface area contributed by atoms with Crippen LogP contribution in [0.5, 0.6) is 0 Å². The first-order valence-electron chi connectivity index (χ1n) is 4.33. The average Bonchev–Trinajstić information content (AvgIpc) is 2.18. The number of rotatable bonds is 3. The predicted octanol–water partition coefficient (Wildman–Crippen LogP) is 1.34. The molecule has 0 radical (unpaired) electrons. The summed E-state index contributed by atoms with van der Waals surface area (Å²) in [5.74, 6) is -0.460. The fourth-order valence-electron chi connectivity index (χ4n) is 1.36. The lowest BCUT2D eigenvalue weighted by molar-refractivity contribution is -0.118. The summed E-state index contributed by atoms with van der Waals surface area (Å²) in [4.78, 5) is 10.8. The number of benzene rings is 1. The van der Waals surface area contributed by atoms with E-state index in [-0.39, 0.29) is 6.42 Å². The highest BCUT2D eigenvalue weighted by atomic mass is 16.1. The molecule has 0 bridgehead atoms. The number of nitrogens with two attached hydrogens (primary N) is 1. The van der Waals surface area contributed by atoms with E-state index in [4.69, 9.17) is 11.0 Å². The van der Waals surface area contributed by atoms with Crippen LogP contribution in [0.2, 0.25) is 0 Å². The van der Waals surface area contributed by atoms with E-state index in [1.54, 1.807) is 6.92 Å². The second kappa shape index (κ2) is 3.93. The Morgan fingerprint density at radius 1 is 1.50 bits per heavy atom. The molecule has 0 saturated heterocycles. The smallest absolute Gasteiger partial charge is 0.219 e. The number of amides is 1. The van der Waals surface area contributed by atoms with E-state index < -0.39 is 11.3 Å². The lowest BCUT2D eigenvalue weighted by Crippen LogP contribution is -2.27. The van der Waals surface area contributed by atoms with Gasteiger partial charge < -0.3 is 5.73 Å². The number of hydrogen-bond acceptors (Lipinski definition) is 2. The molecule has 0 spiro atoms. The quantitative estimate of drug-likeness (QED) is 0.777. The Hall–Kier alpha value is -1.82. The van der Waals surface area contributed by atoms with Gasteiger partial charge in [-0.05, 0) is 12.5 Å². The van der Waals surface area contributed by atoms with Crippen LogP contribution in [0.4, 0.5) is 0 Å². The zero-order valence-corrected chi connectivity index (χ0v) is 8.03. The number of hydrogen-bond donors (Lipinski definition) is 1. The van der Waals surface area contributed by atoms with Gasteiger partial charge in [0.1, 0.15) is 0 Å². The topological polar surface area (TPSA) is 66.9 Å². The molecule has 0 unspecified atom stereocenters. The van der Waals surface area contributed by atoms with Crippen LogP contribution in [0.15, 0.2) is 30.3 Å². The van der Waals surface area contributed by atoms with Crippen molar-refractivity contribution in [1.82, 2.24) is 0 Å². The third-order valence-electron chi connectivity index (χ3n) is 2.19. The van der Waals surface area contributed by atoms with Gasteiger partial charge in [0.2, 0.25) is 5.91 Å². The molecule has 0 aliphatic heterocycles. The van der Waals surface area contributed by atoms with E-state index in [9.17, 15) is 4.79 Å². The van der Waals surface area contributed by atoms with E-state index in [0.717, 1.165) is 5.56 Å². The minimum Gasteiger partial charge on any atom is -0.370 e. The zero-order chi connectivity index (χ0) is 10.6. The summed E-state index contributed by atoms with van der Waals surface area (Å²) in [5, 5.41) is 9.03. The maximum atomic E-state index is 10.8. The summed E-state index contributed by atoms with van der Waals surface area (Å²) in [6.45, 7) is 1.72. The van der Waals surface area contributed by atoms with Crippen LogP contribution in [0, 0.1) is 11.3 Å². The van der Waals surface area contributed by atoms with Gasteiger partial charge in [-0.2, -0.15) is 5.26 Å². The van der Waals surface area contributed by atoms with E-state index >= 15 is 0 Å². The summed E-state index contributed by atoms with van der Waals surface area (Å²) in [6.07, 6.45) is 0.0491. The molecule has 1 amide bonds. The standard InChI is InChI=1S/C11H12N2O/c1-11(8-12,7-10(13)14)9-5-3-2-4-6-9/h2-6H,7H2,1H3,(H2,13,14)/t11-/m1/s1. The van der Waals surface area contributed by atoms with E-state index in [2.05, 4.69) is 6.07 Å². The zero-order valence-electron chi connectivity index (χ0n) is 8.03. The molecule has 0 saturated carbocycles. The first-order chi connectivity index (χ1) is 6.58. The van der Waals surface area contributed by atoms with Crippen LogP contribution in [0.25, 0.3) is 0 Å². The third-order valence-corrected chi connectivity index (χ3v) is 2.19. The van der Waals surface area contributed by atoms with Crippen LogP contribution in [-0.4, -0.2) is 5.91 Å². The molecule has 72 valence electrons. The van der Waals surface area contributed by atoms with Gasteiger partial charge in [-0.25, -0.2) is 0 Å². The van der Waals surface area contributed by atoms with Crippen molar-refractivity contribution < 1.29 is 4.79 Å². The predicted molar refractivity (Wildman–Crippen MR) is 53.2 cm³/mol. The van der Waals surface area contributed by atoms with Crippen molar-refractivity contribution in [3.05, 3.63) is 35.9 Å². The number of carbonyl (C=O) groups is 1. The molecule has 3 heteroatoms. The summed E-state index contributed by atoms with van der Waals surface area (Å²) in [6, 6.07) is 11.3. The first-order valence-corrected chi connectivity index (χ1v) is 4.33. The Morgan fingerprint density at radius 3 is 2.50 bits per heavy atom. The molecule has 3 nitrogen and oxygen atoms in total. The molecule has 14 heavy (non-hydrogen) atoms. The van der Waals surface area contributed by atoms with E-state index in [1.165, 1.54) is 0 Å². The monoisotopic (exact) mass is 188 g/mol. The van der Waals surface area contributed by atoms with Gasteiger partial charge in [-0.15, -0.1) is 0 Å². The summed E-state index contributed by atoms with van der Waals surface area (Å²) < 4.78 is 0. The minimum absolute atomic E-state index is 0.0491. The number of carbonyl (C=O) groups excluding carboxylic acids is 1. The molecular formula is C11H12N2O. The number of primary amides is 1. The minimum atomic E-state index is -0.812. The largest absolute Gasteiger partial charge is 0.370 e. The van der Waals surface area contributed by atoms with Crippen LogP contribution < -0.4 is 5.73 Å². The molecule has 0 heterocycles. The molecule has 2 N–H and O–H groups in total. The first kappa shape index (κ1) is 10.3. The van der Waals surface area contributed by atoms with Crippen LogP contribution >= 0.6 is 0 Å². The number of nitrogens with zero attached hydrogens (tertiary/aromatic N) is 1. The second-order valence-corrected chi connectivity index (χ2v) is 3.45. The van der Waals surface area contributed by atoms with Crippen molar-refractivity contribution in [2.24, 2.45) is 5.73 Å². The van der Waals surface area contributed by atoms with E-state index in [0.29, 0.717) is 0 Å². The van der Waals surface area contributed by atoms with Crippen LogP contribution in [0.1, 0.15) is 18.9 Å². The number of nitriles is 1. The Kier molecular flexibility index (Phi) is 2.88. The molecule has 1 aromatic carbocycles. The van der Waals surface area contributed by atoms with Crippen molar-refractivity contribution in [2.75, 3.05) is 0 Å². The van der Waals surface area contributed by atoms with Gasteiger partial charge >= 0.3 is 0 Å². The van der Waals surface area contributed by atoms with Crippen LogP contribution in [-0.2, 0) is 10.2 Å². The lowest BCUT2D eigenvalue weighted by Gasteiger charge is -2.19. The normalized spacial score (nSPS) is 14.0. The molecule has 0 aromatic heterocycles. The van der Waals surface area contributed by atoms with Crippen molar-refractivity contribution in [1.29, 1.82) is 5.26 Å². The summed E-state index contributed by atoms with van der Waals surface area (Å²) in [5.41, 5.74) is 5.11. The van der Waals surface area contributed by atoms with Crippen molar-refractivity contribution in [3.8, 4) is 6.07 Å². The van der Waals surface area contributed by atoms with Crippen molar-refractivity contribution in [3.63, 3.8) is 0 Å². The van der Waals surface area contributed by atoms with Crippen molar-refractivity contribution in [2.45, 2.75) is 18.8 Å². The third kappa shape index (κ3) is 2.11. The Bertz CT molecular complexity index is 367. The maximum absolute atomic E-state index is 10.8. The lowest BCUT2D eigenvalue weighted by atomic mass is 9.81. The van der Waals surface area contributed by atoms with Crippen LogP contribution in [0.3, 0.4) is 0 Å². The molecule has 0 aliphatic rings. The van der Waals surface area contributed by atoms with Gasteiger partial charge in [-0.1, -0.05) is 30.3 Å². The molecule has 1 rings (SSSR count). The molecule has 0 aliphatic carbocycles. The molecule has 1 atom stereocenters. The van der Waals surface area contributed by atoms with E-state index in [1.807, 2.05) is 30.3 Å². The highest BCUT2D eigenvalue weighted by Gasteiger charge is 2.28. The van der Waals surface area contributed by atoms with Gasteiger partial charge in [0, 0.05) is 6.42 Å². The van der Waals surface area contributed by atoms with Gasteiger partial charge in [0.15, 0.2) is 0 Å². The van der Waals surface area contributed by atoms with Gasteiger partial charge in [0.25, 0.3) is 0 Å². The second-order valence-electron chi connectivity index (χ2n) is 3.45. The Morgan fingerprint density at radius 2 is 2.07 bits per heavy atom. The highest BCUT2D eigenvalue weighted by molar-refractivity contribution is 5.76. The highest BCUT2D eigenvalue weighted by Crippen LogP contribution is 2.26. The summed E-state index contributed by atoms with van der Waals surface area (Å²) >= 11 is 0.